The number of hydrogen-bond donors (Lipinski definition) is 3. The van der Waals surface area contributed by atoms with Gasteiger partial charge in [-0.15, -0.1) is 0 Å². The summed E-state index contributed by atoms with van der Waals surface area (Å²) in [7, 11) is 0. The number of nitrogen functional groups attached to an aromatic ring is 1. The van der Waals surface area contributed by atoms with Crippen LogP contribution in [0.15, 0.2) is 48.5 Å². The van der Waals surface area contributed by atoms with Crippen molar-refractivity contribution >= 4 is 5.82 Å². The number of nitrogens with zero attached hydrogens (tertiary/aromatic N) is 1. The summed E-state index contributed by atoms with van der Waals surface area (Å²) in [4.78, 5) is 0. The van der Waals surface area contributed by atoms with E-state index in [1.165, 1.54) is 12.1 Å². The first-order valence-corrected chi connectivity index (χ1v) is 6.04. The number of aromatic nitrogens is 2. The molecule has 3 rings (SSSR count). The number of nitrogens with one attached hydrogen (secondary N) is 1. The highest BCUT2D eigenvalue weighted by Gasteiger charge is 2.15. The Morgan fingerprint density at radius 2 is 1.80 bits per heavy atom. The minimum absolute atomic E-state index is 0.170. The fourth-order valence-corrected chi connectivity index (χ4v) is 2.13. The van der Waals surface area contributed by atoms with Crippen molar-refractivity contribution in [1.29, 1.82) is 0 Å². The van der Waals surface area contributed by atoms with E-state index in [0.29, 0.717) is 22.6 Å². The minimum atomic E-state index is -0.327. The topological polar surface area (TPSA) is 74.9 Å². The molecule has 0 amide bonds. The number of hydrogen-bond acceptors (Lipinski definition) is 3. The van der Waals surface area contributed by atoms with Gasteiger partial charge >= 0.3 is 0 Å². The fraction of sp³-hybridized carbons (Fsp3) is 0. The lowest BCUT2D eigenvalue weighted by Crippen LogP contribution is -1.89. The first kappa shape index (κ1) is 12.2. The van der Waals surface area contributed by atoms with Crippen molar-refractivity contribution in [3.63, 3.8) is 0 Å². The Morgan fingerprint density at radius 1 is 1.05 bits per heavy atom. The second kappa shape index (κ2) is 4.70. The number of aromatic hydroxyl groups is 1. The standard InChI is InChI=1S/C15H12FN3O/c16-11-3-1-2-10(8-11)14-13(15(17)19-18-14)9-4-6-12(20)7-5-9/h1-8,20H,(H3,17,18,19). The van der Waals surface area contributed by atoms with Gasteiger partial charge < -0.3 is 10.8 Å². The molecule has 1 heterocycles. The van der Waals surface area contributed by atoms with Gasteiger partial charge in [0.2, 0.25) is 0 Å². The lowest BCUT2D eigenvalue weighted by Gasteiger charge is -2.05. The number of H-pyrrole nitrogens is 1. The van der Waals surface area contributed by atoms with Crippen molar-refractivity contribution in [3.05, 3.63) is 54.3 Å². The second-order valence-corrected chi connectivity index (χ2v) is 4.42. The number of rotatable bonds is 2. The first-order chi connectivity index (χ1) is 9.65. The minimum Gasteiger partial charge on any atom is -0.508 e. The molecule has 0 spiro atoms. The van der Waals surface area contributed by atoms with E-state index in [1.807, 2.05) is 0 Å². The van der Waals surface area contributed by atoms with Crippen molar-refractivity contribution in [2.45, 2.75) is 0 Å². The molecule has 5 heteroatoms. The molecule has 4 N–H and O–H groups in total. The van der Waals surface area contributed by atoms with Crippen LogP contribution in [-0.2, 0) is 0 Å². The summed E-state index contributed by atoms with van der Waals surface area (Å²) in [5, 5.41) is 16.2. The molecule has 3 aromatic rings. The van der Waals surface area contributed by atoms with Crippen LogP contribution in [0.25, 0.3) is 22.4 Å². The van der Waals surface area contributed by atoms with E-state index in [9.17, 15) is 9.50 Å². The molecule has 0 atom stereocenters. The quantitative estimate of drug-likeness (QED) is 0.669. The van der Waals surface area contributed by atoms with E-state index < -0.39 is 0 Å². The zero-order chi connectivity index (χ0) is 14.1. The Kier molecular flexibility index (Phi) is 2.87. The highest BCUT2D eigenvalue weighted by molar-refractivity contribution is 5.87. The molecule has 0 bridgehead atoms. The molecule has 1 aromatic heterocycles. The third kappa shape index (κ3) is 2.09. The molecule has 4 nitrogen and oxygen atoms in total. The average molecular weight is 269 g/mol. The number of phenolic OH excluding ortho intramolecular Hbond substituents is 1. The predicted octanol–water partition coefficient (Wildman–Crippen LogP) is 3.17. The molecule has 0 fully saturated rings. The van der Waals surface area contributed by atoms with Crippen molar-refractivity contribution in [3.8, 4) is 28.1 Å². The molecule has 0 aliphatic heterocycles. The van der Waals surface area contributed by atoms with Crippen molar-refractivity contribution in [2.24, 2.45) is 0 Å². The van der Waals surface area contributed by atoms with Gasteiger partial charge in [0.05, 0.1) is 11.3 Å². The maximum Gasteiger partial charge on any atom is 0.153 e. The number of halogens is 1. The van der Waals surface area contributed by atoms with Crippen LogP contribution in [0.2, 0.25) is 0 Å². The van der Waals surface area contributed by atoms with Crippen LogP contribution >= 0.6 is 0 Å². The molecular formula is C15H12FN3O. The second-order valence-electron chi connectivity index (χ2n) is 4.42. The van der Waals surface area contributed by atoms with Gasteiger partial charge in [-0.2, -0.15) is 5.10 Å². The predicted molar refractivity (Wildman–Crippen MR) is 75.5 cm³/mol. The summed E-state index contributed by atoms with van der Waals surface area (Å²) in [6.45, 7) is 0. The molecule has 2 aromatic carbocycles. The van der Waals surface area contributed by atoms with E-state index in [-0.39, 0.29) is 11.6 Å². The van der Waals surface area contributed by atoms with Gasteiger partial charge in [-0.3, -0.25) is 5.10 Å². The van der Waals surface area contributed by atoms with Crippen LogP contribution in [0.3, 0.4) is 0 Å². The molecule has 20 heavy (non-hydrogen) atoms. The van der Waals surface area contributed by atoms with Gasteiger partial charge in [-0.25, -0.2) is 4.39 Å². The van der Waals surface area contributed by atoms with Crippen LogP contribution in [0.1, 0.15) is 0 Å². The van der Waals surface area contributed by atoms with Crippen LogP contribution in [0.5, 0.6) is 5.75 Å². The van der Waals surface area contributed by atoms with Crippen LogP contribution in [-0.4, -0.2) is 15.3 Å². The number of phenols is 1. The summed E-state index contributed by atoms with van der Waals surface area (Å²) in [5.74, 6) is 0.172. The molecular weight excluding hydrogens is 257 g/mol. The van der Waals surface area contributed by atoms with Gasteiger partial charge in [0, 0.05) is 5.56 Å². The largest absolute Gasteiger partial charge is 0.508 e. The van der Waals surface area contributed by atoms with Crippen LogP contribution in [0, 0.1) is 5.82 Å². The number of aromatic amines is 1. The van der Waals surface area contributed by atoms with Crippen molar-refractivity contribution in [2.75, 3.05) is 5.73 Å². The zero-order valence-electron chi connectivity index (χ0n) is 10.5. The molecule has 100 valence electrons. The van der Waals surface area contributed by atoms with E-state index in [0.717, 1.165) is 5.56 Å². The molecule has 0 unspecified atom stereocenters. The number of nitrogens with two attached hydrogens (primary N) is 1. The van der Waals surface area contributed by atoms with Crippen molar-refractivity contribution < 1.29 is 9.50 Å². The highest BCUT2D eigenvalue weighted by atomic mass is 19.1. The summed E-state index contributed by atoms with van der Waals surface area (Å²) in [6.07, 6.45) is 0. The van der Waals surface area contributed by atoms with Crippen LogP contribution in [0.4, 0.5) is 10.2 Å². The Hall–Kier alpha value is -2.82. The highest BCUT2D eigenvalue weighted by Crippen LogP contribution is 2.35. The number of benzene rings is 2. The third-order valence-corrected chi connectivity index (χ3v) is 3.06. The Bertz CT molecular complexity index is 750. The Morgan fingerprint density at radius 3 is 2.50 bits per heavy atom. The number of anilines is 1. The lowest BCUT2D eigenvalue weighted by atomic mass is 10.0. The summed E-state index contributed by atoms with van der Waals surface area (Å²) in [6, 6.07) is 12.8. The molecule has 0 aliphatic carbocycles. The summed E-state index contributed by atoms with van der Waals surface area (Å²) in [5.41, 5.74) is 8.69. The molecule has 0 saturated carbocycles. The van der Waals surface area contributed by atoms with Gasteiger partial charge in [-0.1, -0.05) is 24.3 Å². The molecule has 0 aliphatic rings. The SMILES string of the molecule is Nc1n[nH]c(-c2cccc(F)c2)c1-c1ccc(O)cc1. The normalized spacial score (nSPS) is 10.7. The van der Waals surface area contributed by atoms with Gasteiger partial charge in [0.1, 0.15) is 11.6 Å². The van der Waals surface area contributed by atoms with E-state index in [4.69, 9.17) is 5.73 Å². The van der Waals surface area contributed by atoms with E-state index >= 15 is 0 Å². The van der Waals surface area contributed by atoms with E-state index in [1.54, 1.807) is 36.4 Å². The van der Waals surface area contributed by atoms with E-state index in [2.05, 4.69) is 10.2 Å². The first-order valence-electron chi connectivity index (χ1n) is 6.04. The zero-order valence-corrected chi connectivity index (χ0v) is 10.5. The monoisotopic (exact) mass is 269 g/mol. The Labute approximate surface area is 114 Å². The van der Waals surface area contributed by atoms with Crippen molar-refractivity contribution in [1.82, 2.24) is 10.2 Å². The smallest absolute Gasteiger partial charge is 0.153 e. The molecule has 0 radical (unpaired) electrons. The summed E-state index contributed by atoms with van der Waals surface area (Å²) >= 11 is 0. The van der Waals surface area contributed by atoms with Gasteiger partial charge in [0.15, 0.2) is 5.82 Å². The maximum atomic E-state index is 13.3. The average Bonchev–Trinajstić information content (AvgIpc) is 2.82. The fourth-order valence-electron chi connectivity index (χ4n) is 2.13. The molecule has 0 saturated heterocycles. The summed E-state index contributed by atoms with van der Waals surface area (Å²) < 4.78 is 13.3. The van der Waals surface area contributed by atoms with Gasteiger partial charge in [0.25, 0.3) is 0 Å². The van der Waals surface area contributed by atoms with Gasteiger partial charge in [-0.05, 0) is 29.8 Å². The maximum absolute atomic E-state index is 13.3. The lowest BCUT2D eigenvalue weighted by molar-refractivity contribution is 0.475. The Balaban J connectivity index is 2.17. The third-order valence-electron chi connectivity index (χ3n) is 3.06. The van der Waals surface area contributed by atoms with Crippen LogP contribution < -0.4 is 5.73 Å².